The topological polar surface area (TPSA) is 77.8 Å². The lowest BCUT2D eigenvalue weighted by molar-refractivity contribution is -0.169. The zero-order chi connectivity index (χ0) is 26.6. The molecule has 0 spiro atoms. The van der Waals surface area contributed by atoms with Crippen LogP contribution in [0.25, 0.3) is 0 Å². The van der Waals surface area contributed by atoms with Crippen LogP contribution in [-0.2, 0) is 15.8 Å². The van der Waals surface area contributed by atoms with E-state index < -0.39 is 35.0 Å². The van der Waals surface area contributed by atoms with Crippen molar-refractivity contribution >= 4 is 11.9 Å². The number of hydrogen-bond donors (Lipinski definition) is 2. The standard InChI is InChI=1S/C27H40F3NO4/c1-17(2)12-14-31(15-13-18(3)4)23-11-10-21(26(5,24(32)33)25(34)35)16-22(23)19-6-8-20(9-7-19)27(28,29)30/h6-9,17-18,21-23H,10-16H2,1-5H3,(H,32,33)(H,34,35)/t21-,22+,23-/m1/s1. The number of hydrogen-bond acceptors (Lipinski definition) is 3. The van der Waals surface area contributed by atoms with Gasteiger partial charge in [-0.15, -0.1) is 0 Å². The molecule has 198 valence electrons. The first-order valence-corrected chi connectivity index (χ1v) is 12.6. The molecular formula is C27H40F3NO4. The fourth-order valence-electron chi connectivity index (χ4n) is 5.13. The van der Waals surface area contributed by atoms with E-state index in [-0.39, 0.29) is 12.0 Å². The molecule has 0 aliphatic heterocycles. The van der Waals surface area contributed by atoms with E-state index >= 15 is 0 Å². The summed E-state index contributed by atoms with van der Waals surface area (Å²) in [5, 5.41) is 19.6. The van der Waals surface area contributed by atoms with Crippen LogP contribution in [0.15, 0.2) is 24.3 Å². The van der Waals surface area contributed by atoms with Crippen molar-refractivity contribution in [3.63, 3.8) is 0 Å². The van der Waals surface area contributed by atoms with Crippen LogP contribution in [0.2, 0.25) is 0 Å². The summed E-state index contributed by atoms with van der Waals surface area (Å²) in [6, 6.07) is 5.09. The summed E-state index contributed by atoms with van der Waals surface area (Å²) in [5.74, 6) is -2.67. The molecule has 1 fully saturated rings. The van der Waals surface area contributed by atoms with E-state index in [0.717, 1.165) is 38.1 Å². The molecule has 0 saturated heterocycles. The molecule has 0 amide bonds. The summed E-state index contributed by atoms with van der Waals surface area (Å²) < 4.78 is 39.5. The Kier molecular flexibility index (Phi) is 9.79. The van der Waals surface area contributed by atoms with E-state index in [1.807, 2.05) is 0 Å². The zero-order valence-electron chi connectivity index (χ0n) is 21.4. The Bertz CT molecular complexity index is 825. The number of halogens is 3. The Morgan fingerprint density at radius 2 is 1.43 bits per heavy atom. The minimum absolute atomic E-state index is 0.00678. The molecule has 3 atom stereocenters. The lowest BCUT2D eigenvalue weighted by Gasteiger charge is -2.46. The number of nitrogens with zero attached hydrogens (tertiary/aromatic N) is 1. The van der Waals surface area contributed by atoms with Crippen molar-refractivity contribution in [3.05, 3.63) is 35.4 Å². The Morgan fingerprint density at radius 3 is 1.83 bits per heavy atom. The maximum absolute atomic E-state index is 13.2. The van der Waals surface area contributed by atoms with E-state index in [1.54, 1.807) is 0 Å². The van der Waals surface area contributed by atoms with Crippen molar-refractivity contribution < 1.29 is 33.0 Å². The second-order valence-corrected chi connectivity index (χ2v) is 11.0. The first-order valence-electron chi connectivity index (χ1n) is 12.6. The molecule has 8 heteroatoms. The van der Waals surface area contributed by atoms with Gasteiger partial charge in [0.1, 0.15) is 0 Å². The maximum atomic E-state index is 13.2. The fraction of sp³-hybridized carbons (Fsp3) is 0.704. The van der Waals surface area contributed by atoms with Gasteiger partial charge in [0.15, 0.2) is 5.41 Å². The van der Waals surface area contributed by atoms with Crippen LogP contribution in [0.4, 0.5) is 13.2 Å². The minimum Gasteiger partial charge on any atom is -0.480 e. The van der Waals surface area contributed by atoms with Crippen LogP contribution in [-0.4, -0.2) is 46.2 Å². The molecule has 5 nitrogen and oxygen atoms in total. The molecule has 1 aliphatic carbocycles. The second-order valence-electron chi connectivity index (χ2n) is 11.0. The molecule has 0 radical (unpaired) electrons. The highest BCUT2D eigenvalue weighted by atomic mass is 19.4. The van der Waals surface area contributed by atoms with Crippen LogP contribution < -0.4 is 0 Å². The molecule has 2 N–H and O–H groups in total. The van der Waals surface area contributed by atoms with Crippen LogP contribution in [0, 0.1) is 23.2 Å². The van der Waals surface area contributed by atoms with Gasteiger partial charge in [0.05, 0.1) is 5.56 Å². The highest BCUT2D eigenvalue weighted by Gasteiger charge is 2.52. The Labute approximate surface area is 206 Å². The number of benzene rings is 1. The molecule has 1 aliphatic rings. The fourth-order valence-corrected chi connectivity index (χ4v) is 5.13. The number of aliphatic carboxylic acids is 2. The molecule has 0 heterocycles. The average molecular weight is 500 g/mol. The van der Waals surface area contributed by atoms with Crippen LogP contribution in [0.1, 0.15) is 83.8 Å². The van der Waals surface area contributed by atoms with E-state index in [0.29, 0.717) is 36.7 Å². The number of carboxylic acid groups (broad SMARTS) is 2. The maximum Gasteiger partial charge on any atom is 0.416 e. The summed E-state index contributed by atoms with van der Waals surface area (Å²) in [6.07, 6.45) is -1.16. The number of carbonyl (C=O) groups is 2. The molecule has 0 bridgehead atoms. The molecular weight excluding hydrogens is 459 g/mol. The van der Waals surface area contributed by atoms with Gasteiger partial charge in [-0.3, -0.25) is 14.5 Å². The SMILES string of the molecule is CC(C)CCN(CCC(C)C)[C@@H]1CC[C@@H](C(C)(C(=O)O)C(=O)O)C[C@H]1c1ccc(C(F)(F)F)cc1. The Balaban J connectivity index is 2.47. The van der Waals surface area contributed by atoms with Gasteiger partial charge in [0, 0.05) is 6.04 Å². The van der Waals surface area contributed by atoms with Crippen molar-refractivity contribution in [2.75, 3.05) is 13.1 Å². The summed E-state index contributed by atoms with van der Waals surface area (Å²) in [6.45, 7) is 11.5. The normalized spacial score (nSPS) is 21.6. The smallest absolute Gasteiger partial charge is 0.416 e. The van der Waals surface area contributed by atoms with E-state index in [4.69, 9.17) is 0 Å². The van der Waals surface area contributed by atoms with Gasteiger partial charge in [0.25, 0.3) is 0 Å². The van der Waals surface area contributed by atoms with Crippen LogP contribution in [0.3, 0.4) is 0 Å². The quantitative estimate of drug-likeness (QED) is 0.339. The lowest BCUT2D eigenvalue weighted by Crippen LogP contribution is -2.50. The molecule has 1 aromatic rings. The van der Waals surface area contributed by atoms with Gasteiger partial charge < -0.3 is 10.2 Å². The summed E-state index contributed by atoms with van der Waals surface area (Å²) >= 11 is 0. The highest BCUT2D eigenvalue weighted by Crippen LogP contribution is 2.47. The predicted molar refractivity (Wildman–Crippen MR) is 129 cm³/mol. The van der Waals surface area contributed by atoms with Gasteiger partial charge in [-0.2, -0.15) is 13.2 Å². The van der Waals surface area contributed by atoms with Crippen molar-refractivity contribution in [1.82, 2.24) is 4.90 Å². The van der Waals surface area contributed by atoms with Gasteiger partial charge in [0.2, 0.25) is 0 Å². The number of rotatable bonds is 11. The van der Waals surface area contributed by atoms with E-state index in [2.05, 4.69) is 32.6 Å². The average Bonchev–Trinajstić information content (AvgIpc) is 2.77. The summed E-state index contributed by atoms with van der Waals surface area (Å²) in [5.41, 5.74) is -1.98. The van der Waals surface area contributed by atoms with Gasteiger partial charge in [-0.05, 0) is 93.5 Å². The summed E-state index contributed by atoms with van der Waals surface area (Å²) in [4.78, 5) is 26.4. The zero-order valence-corrected chi connectivity index (χ0v) is 21.4. The molecule has 35 heavy (non-hydrogen) atoms. The second kappa shape index (κ2) is 11.8. The number of carboxylic acids is 2. The molecule has 1 saturated carbocycles. The third-order valence-electron chi connectivity index (χ3n) is 7.64. The predicted octanol–water partition coefficient (Wildman–Crippen LogP) is 6.53. The van der Waals surface area contributed by atoms with Gasteiger partial charge in [-0.25, -0.2) is 0 Å². The van der Waals surface area contributed by atoms with Gasteiger partial charge >= 0.3 is 18.1 Å². The monoisotopic (exact) mass is 499 g/mol. The summed E-state index contributed by atoms with van der Waals surface area (Å²) in [7, 11) is 0. The Hall–Kier alpha value is -2.09. The largest absolute Gasteiger partial charge is 0.480 e. The van der Waals surface area contributed by atoms with Crippen molar-refractivity contribution in [2.45, 2.75) is 84.9 Å². The van der Waals surface area contributed by atoms with Crippen LogP contribution >= 0.6 is 0 Å². The Morgan fingerprint density at radius 1 is 0.943 bits per heavy atom. The molecule has 0 aromatic heterocycles. The molecule has 1 aromatic carbocycles. The first kappa shape index (κ1) is 29.1. The minimum atomic E-state index is -4.45. The number of alkyl halides is 3. The lowest BCUT2D eigenvalue weighted by atomic mass is 9.64. The van der Waals surface area contributed by atoms with E-state index in [9.17, 15) is 33.0 Å². The third-order valence-corrected chi connectivity index (χ3v) is 7.64. The van der Waals surface area contributed by atoms with Crippen molar-refractivity contribution in [3.8, 4) is 0 Å². The van der Waals surface area contributed by atoms with Crippen LogP contribution in [0.5, 0.6) is 0 Å². The first-order chi connectivity index (χ1) is 16.2. The van der Waals surface area contributed by atoms with Crippen molar-refractivity contribution in [2.24, 2.45) is 23.2 Å². The highest BCUT2D eigenvalue weighted by molar-refractivity contribution is 5.98. The molecule has 2 rings (SSSR count). The molecule has 0 unspecified atom stereocenters. The van der Waals surface area contributed by atoms with Crippen molar-refractivity contribution in [1.29, 1.82) is 0 Å². The van der Waals surface area contributed by atoms with E-state index in [1.165, 1.54) is 19.1 Å². The third kappa shape index (κ3) is 7.21. The van der Waals surface area contributed by atoms with Gasteiger partial charge in [-0.1, -0.05) is 39.8 Å².